The molecular weight excluding hydrogens is 437 g/mol. The number of carbonyl (C=O) groups is 2. The zero-order chi connectivity index (χ0) is 17.7. The van der Waals surface area contributed by atoms with E-state index in [1.165, 1.54) is 4.90 Å². The number of halogens is 1. The zero-order valence-electron chi connectivity index (χ0n) is 14.7. The van der Waals surface area contributed by atoms with Crippen molar-refractivity contribution in [2.24, 2.45) is 7.05 Å². The number of carbonyl (C=O) groups excluding carboxylic acids is 2. The van der Waals surface area contributed by atoms with Crippen LogP contribution in [0.5, 0.6) is 5.75 Å². The number of ether oxygens (including phenoxy) is 2. The molecule has 1 heterocycles. The molecule has 8 heteroatoms. The first-order valence-electron chi connectivity index (χ1n) is 7.52. The van der Waals surface area contributed by atoms with Gasteiger partial charge in [-0.15, -0.1) is 0 Å². The fourth-order valence-corrected chi connectivity index (χ4v) is 2.22. The maximum atomic E-state index is 12.3. The van der Waals surface area contributed by atoms with Gasteiger partial charge >= 0.3 is 6.09 Å². The molecule has 0 atom stereocenters. The molecule has 2 amide bonds. The van der Waals surface area contributed by atoms with E-state index in [2.05, 4.69) is 5.32 Å². The summed E-state index contributed by atoms with van der Waals surface area (Å²) in [4.78, 5) is 25.4. The minimum Gasteiger partial charge on any atom is -1.00 e. The molecule has 2 rings (SSSR count). The van der Waals surface area contributed by atoms with Gasteiger partial charge in [-0.25, -0.2) is 9.36 Å². The predicted octanol–water partition coefficient (Wildman–Crippen LogP) is -1.90. The van der Waals surface area contributed by atoms with Crippen LogP contribution in [0.25, 0.3) is 10.9 Å². The monoisotopic (exact) mass is 459 g/mol. The third-order valence-electron chi connectivity index (χ3n) is 3.47. The Morgan fingerprint density at radius 3 is 2.64 bits per heavy atom. The number of rotatable bonds is 5. The third-order valence-corrected chi connectivity index (χ3v) is 3.47. The molecule has 0 radical (unpaired) electrons. The van der Waals surface area contributed by atoms with Crippen molar-refractivity contribution >= 4 is 22.9 Å². The van der Waals surface area contributed by atoms with Crippen molar-refractivity contribution in [2.45, 2.75) is 0 Å². The first-order valence-corrected chi connectivity index (χ1v) is 7.52. The molecule has 0 aliphatic heterocycles. The van der Waals surface area contributed by atoms with Crippen LogP contribution >= 0.6 is 0 Å². The number of nitrogens with zero attached hydrogens (tertiary/aromatic N) is 2. The number of nitrogens with one attached hydrogen (secondary N) is 1. The molecule has 1 N–H and O–H groups in total. The molecule has 0 saturated carbocycles. The second kappa shape index (κ2) is 9.52. The first-order chi connectivity index (χ1) is 11.4. The predicted molar refractivity (Wildman–Crippen MR) is 89.0 cm³/mol. The minimum atomic E-state index is -0.472. The smallest absolute Gasteiger partial charge is 0.414 e. The number of aryl methyl sites for hydroxylation is 1. The lowest BCUT2D eigenvalue weighted by molar-refractivity contribution is -0.645. The molecule has 0 aliphatic rings. The van der Waals surface area contributed by atoms with Crippen molar-refractivity contribution in [3.63, 3.8) is 0 Å². The van der Waals surface area contributed by atoms with Gasteiger partial charge in [0.1, 0.15) is 18.4 Å². The van der Waals surface area contributed by atoms with Gasteiger partial charge in [-0.3, -0.25) is 4.79 Å². The standard InChI is InChI=1S/C17H21N3O4.HI/c1-19(2)17(22)24-15-7-5-6-14-13(15)10-12(11-20(14)3)16(21)18-8-9-23-4;/h5-7,10-11H,8-9H2,1-4H3;1H. The van der Waals surface area contributed by atoms with Gasteiger partial charge in [0.15, 0.2) is 6.20 Å². The summed E-state index contributed by atoms with van der Waals surface area (Å²) in [6.07, 6.45) is 1.27. The van der Waals surface area contributed by atoms with Crippen molar-refractivity contribution in [2.75, 3.05) is 34.4 Å². The molecule has 1 aromatic carbocycles. The number of benzene rings is 1. The lowest BCUT2D eigenvalue weighted by atomic mass is 10.1. The van der Waals surface area contributed by atoms with Crippen molar-refractivity contribution in [3.05, 3.63) is 36.0 Å². The molecule has 0 fully saturated rings. The van der Waals surface area contributed by atoms with Gasteiger partial charge < -0.3 is 43.7 Å². The Bertz CT molecular complexity index is 765. The summed E-state index contributed by atoms with van der Waals surface area (Å²) in [6.45, 7) is 0.867. The highest BCUT2D eigenvalue weighted by atomic mass is 127. The molecule has 0 aliphatic carbocycles. The SMILES string of the molecule is COCCNC(=O)c1cc2c(OC(=O)N(C)C)cccc2[n+](C)c1.[I-]. The molecule has 7 nitrogen and oxygen atoms in total. The zero-order valence-corrected chi connectivity index (χ0v) is 16.9. The summed E-state index contributed by atoms with van der Waals surface area (Å²) >= 11 is 0. The molecule has 136 valence electrons. The van der Waals surface area contributed by atoms with Crippen LogP contribution in [-0.4, -0.2) is 51.3 Å². The van der Waals surface area contributed by atoms with E-state index in [4.69, 9.17) is 9.47 Å². The number of pyridine rings is 1. The highest BCUT2D eigenvalue weighted by Crippen LogP contribution is 2.24. The van der Waals surface area contributed by atoms with E-state index >= 15 is 0 Å². The van der Waals surface area contributed by atoms with E-state index in [0.29, 0.717) is 29.9 Å². The van der Waals surface area contributed by atoms with E-state index in [0.717, 1.165) is 5.52 Å². The fourth-order valence-electron chi connectivity index (χ4n) is 2.22. The maximum Gasteiger partial charge on any atom is 0.414 e. The van der Waals surface area contributed by atoms with Gasteiger partial charge in [0.25, 0.3) is 5.91 Å². The van der Waals surface area contributed by atoms with Crippen LogP contribution < -0.4 is 38.6 Å². The highest BCUT2D eigenvalue weighted by molar-refractivity contribution is 5.97. The lowest BCUT2D eigenvalue weighted by Crippen LogP contribution is -3.00. The van der Waals surface area contributed by atoms with Crippen molar-refractivity contribution in [1.29, 1.82) is 0 Å². The van der Waals surface area contributed by atoms with Gasteiger partial charge in [0.05, 0.1) is 12.0 Å². The molecular formula is C17H22IN3O4. The summed E-state index contributed by atoms with van der Waals surface area (Å²) in [6, 6.07) is 7.12. The van der Waals surface area contributed by atoms with Gasteiger partial charge in [-0.05, 0) is 12.1 Å². The number of methoxy groups -OCH3 is 1. The van der Waals surface area contributed by atoms with E-state index < -0.39 is 6.09 Å². The van der Waals surface area contributed by atoms with Crippen molar-refractivity contribution in [3.8, 4) is 5.75 Å². The van der Waals surface area contributed by atoms with Crippen LogP contribution in [0.4, 0.5) is 4.79 Å². The molecule has 0 bridgehead atoms. The van der Waals surface area contributed by atoms with Gasteiger partial charge in [0.2, 0.25) is 5.52 Å². The summed E-state index contributed by atoms with van der Waals surface area (Å²) in [5.41, 5.74) is 1.34. The summed E-state index contributed by atoms with van der Waals surface area (Å²) in [5, 5.41) is 3.47. The fraction of sp³-hybridized carbons (Fsp3) is 0.353. The van der Waals surface area contributed by atoms with Crippen LogP contribution in [-0.2, 0) is 11.8 Å². The van der Waals surface area contributed by atoms with Crippen LogP contribution in [0.2, 0.25) is 0 Å². The van der Waals surface area contributed by atoms with E-state index in [1.807, 2.05) is 17.7 Å². The van der Waals surface area contributed by atoms with Crippen LogP contribution in [0.1, 0.15) is 10.4 Å². The number of hydrogen-bond donors (Lipinski definition) is 1. The summed E-state index contributed by atoms with van der Waals surface area (Å²) in [7, 11) is 6.64. The molecule has 0 saturated heterocycles. The van der Waals surface area contributed by atoms with Gasteiger partial charge in [-0.2, -0.15) is 0 Å². The number of aromatic nitrogens is 1. The van der Waals surface area contributed by atoms with Crippen LogP contribution in [0.15, 0.2) is 30.5 Å². The topological polar surface area (TPSA) is 71.7 Å². The molecule has 25 heavy (non-hydrogen) atoms. The number of fused-ring (bicyclic) bond motifs is 1. The Balaban J connectivity index is 0.00000312. The highest BCUT2D eigenvalue weighted by Gasteiger charge is 2.18. The lowest BCUT2D eigenvalue weighted by Gasteiger charge is -2.12. The van der Waals surface area contributed by atoms with E-state index in [-0.39, 0.29) is 29.9 Å². The Labute approximate surface area is 163 Å². The van der Waals surface area contributed by atoms with E-state index in [1.54, 1.807) is 45.6 Å². The van der Waals surface area contributed by atoms with Crippen molar-refractivity contribution in [1.82, 2.24) is 10.2 Å². The largest absolute Gasteiger partial charge is 1.00 e. The molecule has 2 aromatic rings. The molecule has 1 aromatic heterocycles. The van der Waals surface area contributed by atoms with Gasteiger partial charge in [-0.1, -0.05) is 6.07 Å². The maximum absolute atomic E-state index is 12.3. The van der Waals surface area contributed by atoms with Crippen molar-refractivity contribution < 1.29 is 47.6 Å². The Hall–Kier alpha value is -1.94. The third kappa shape index (κ3) is 5.27. The number of hydrogen-bond acceptors (Lipinski definition) is 4. The van der Waals surface area contributed by atoms with Crippen LogP contribution in [0, 0.1) is 0 Å². The minimum absolute atomic E-state index is 0. The first kappa shape index (κ1) is 21.1. The summed E-state index contributed by atoms with van der Waals surface area (Å²) < 4.78 is 12.2. The molecule has 0 spiro atoms. The molecule has 0 unspecified atom stereocenters. The summed E-state index contributed by atoms with van der Waals surface area (Å²) in [5.74, 6) is 0.201. The second-order valence-electron chi connectivity index (χ2n) is 5.54. The normalized spacial score (nSPS) is 10.1. The average molecular weight is 459 g/mol. The second-order valence-corrected chi connectivity index (χ2v) is 5.54. The quantitative estimate of drug-likeness (QED) is 0.323. The Morgan fingerprint density at radius 2 is 2.00 bits per heavy atom. The van der Waals surface area contributed by atoms with E-state index in [9.17, 15) is 9.59 Å². The Morgan fingerprint density at radius 1 is 1.28 bits per heavy atom. The number of amides is 2. The Kier molecular flexibility index (Phi) is 8.04. The van der Waals surface area contributed by atoms with Gasteiger partial charge in [0, 0.05) is 33.8 Å². The van der Waals surface area contributed by atoms with Crippen LogP contribution in [0.3, 0.4) is 0 Å². The average Bonchev–Trinajstić information content (AvgIpc) is 2.55.